The molecule has 0 aliphatic rings. The van der Waals surface area contributed by atoms with Gasteiger partial charge in [0.1, 0.15) is 0 Å². The first-order valence-corrected chi connectivity index (χ1v) is 0.928. The fraction of sp³-hybridized carbons (Fsp3) is 0.500. The van der Waals surface area contributed by atoms with Crippen LogP contribution >= 0.6 is 0 Å². The minimum absolute atomic E-state index is 0. The van der Waals surface area contributed by atoms with E-state index in [1.807, 2.05) is 0 Å². The molecular formula is C2H22MgO10. The van der Waals surface area contributed by atoms with Gasteiger partial charge in [-0.05, 0) is 0 Å². The van der Waals surface area contributed by atoms with Gasteiger partial charge in [-0.15, -0.1) is 0 Å². The van der Waals surface area contributed by atoms with Gasteiger partial charge in [0.2, 0.25) is 0 Å². The fourth-order valence-corrected chi connectivity index (χ4v) is 0. The summed E-state index contributed by atoms with van der Waals surface area (Å²) in [6.45, 7) is 1.08. The van der Waals surface area contributed by atoms with Gasteiger partial charge >= 0.3 is 23.1 Å². The van der Waals surface area contributed by atoms with Crippen LogP contribution in [-0.2, 0) is 4.79 Å². The zero-order chi connectivity index (χ0) is 3.58. The summed E-state index contributed by atoms with van der Waals surface area (Å²) in [7, 11) is 0. The Hall–Kier alpha value is -0.0838. The Kier molecular flexibility index (Phi) is 2770. The first-order chi connectivity index (χ1) is 1.73. The van der Waals surface area contributed by atoms with Crippen molar-refractivity contribution < 1.29 is 56.6 Å². The van der Waals surface area contributed by atoms with Crippen LogP contribution < -0.4 is 0 Å². The van der Waals surface area contributed by atoms with E-state index in [9.17, 15) is 0 Å². The van der Waals surface area contributed by atoms with Crippen LogP contribution in [-0.4, -0.2) is 77.9 Å². The van der Waals surface area contributed by atoms with Crippen molar-refractivity contribution in [1.29, 1.82) is 0 Å². The van der Waals surface area contributed by atoms with Crippen LogP contribution in [0.4, 0.5) is 0 Å². The van der Waals surface area contributed by atoms with E-state index in [-0.39, 0.29) is 69.7 Å². The number of carboxylic acids is 1. The number of aliphatic carboxylic acids is 1. The third-order valence-corrected chi connectivity index (χ3v) is 0. The van der Waals surface area contributed by atoms with Crippen molar-refractivity contribution in [2.75, 3.05) is 0 Å². The summed E-state index contributed by atoms with van der Waals surface area (Å²) in [6, 6.07) is 0. The molecule has 17 N–H and O–H groups in total. The molecule has 0 spiro atoms. The zero-order valence-electron chi connectivity index (χ0n) is 9.06. The number of hydrogen-bond acceptors (Lipinski definition) is 1. The molecule has 0 bridgehead atoms. The Labute approximate surface area is 93.1 Å². The van der Waals surface area contributed by atoms with E-state index in [1.165, 1.54) is 0 Å². The van der Waals surface area contributed by atoms with Crippen LogP contribution in [0.2, 0.25) is 0 Å². The van der Waals surface area contributed by atoms with Crippen molar-refractivity contribution in [1.82, 2.24) is 0 Å². The molecule has 0 rings (SSSR count). The van der Waals surface area contributed by atoms with Crippen molar-refractivity contribution in [2.45, 2.75) is 6.92 Å². The molecule has 13 heavy (non-hydrogen) atoms. The number of carbonyl (C=O) groups is 1. The van der Waals surface area contributed by atoms with E-state index < -0.39 is 5.97 Å². The van der Waals surface area contributed by atoms with Crippen LogP contribution in [0.15, 0.2) is 0 Å². The van der Waals surface area contributed by atoms with Gasteiger partial charge in [0.15, 0.2) is 0 Å². The van der Waals surface area contributed by atoms with Gasteiger partial charge in [0.05, 0.1) is 0 Å². The Balaban J connectivity index is -0.000000000818. The van der Waals surface area contributed by atoms with Crippen molar-refractivity contribution in [2.24, 2.45) is 0 Å². The molecule has 0 amide bonds. The van der Waals surface area contributed by atoms with Gasteiger partial charge in [-0.1, -0.05) is 0 Å². The molecule has 0 saturated carbocycles. The molecule has 0 atom stereocenters. The molecule has 0 aromatic heterocycles. The minimum Gasteiger partial charge on any atom is -1.00 e. The second-order valence-corrected chi connectivity index (χ2v) is 0.519. The molecule has 0 saturated heterocycles. The average Bonchev–Trinajstić information content (AvgIpc) is 0.811. The average molecular weight is 230 g/mol. The van der Waals surface area contributed by atoms with E-state index in [4.69, 9.17) is 9.90 Å². The molecule has 0 aromatic carbocycles. The maximum absolute atomic E-state index is 9.00. The summed E-state index contributed by atoms with van der Waals surface area (Å²) in [5.41, 5.74) is 0. The summed E-state index contributed by atoms with van der Waals surface area (Å²) in [4.78, 5) is 9.00. The van der Waals surface area contributed by atoms with E-state index in [0.717, 1.165) is 6.92 Å². The maximum Gasteiger partial charge on any atom is 2.00 e. The normalized spacial score (nSPS) is 1.92. The SMILES string of the molecule is CC(=O)O.O.O.O.O.O.O.O.O.[H-].[H-].[Mg+2]. The number of rotatable bonds is 0. The van der Waals surface area contributed by atoms with Crippen molar-refractivity contribution >= 4 is 29.0 Å². The van der Waals surface area contributed by atoms with Crippen LogP contribution in [0.25, 0.3) is 0 Å². The molecule has 0 unspecified atom stereocenters. The predicted octanol–water partition coefficient (Wildman–Crippen LogP) is -6.66. The topological polar surface area (TPSA) is 289 Å². The monoisotopic (exact) mass is 230 g/mol. The van der Waals surface area contributed by atoms with Gasteiger partial charge in [0.25, 0.3) is 5.97 Å². The Bertz CT molecular complexity index is 44.4. The largest absolute Gasteiger partial charge is 2.00 e. The smallest absolute Gasteiger partial charge is 1.00 e. The van der Waals surface area contributed by atoms with Gasteiger partial charge in [-0.2, -0.15) is 0 Å². The van der Waals surface area contributed by atoms with E-state index in [1.54, 1.807) is 0 Å². The van der Waals surface area contributed by atoms with Crippen molar-refractivity contribution in [3.05, 3.63) is 0 Å². The van der Waals surface area contributed by atoms with Gasteiger partial charge in [-0.3, -0.25) is 4.79 Å². The predicted molar refractivity (Wildman–Crippen MR) is 50.2 cm³/mol. The summed E-state index contributed by atoms with van der Waals surface area (Å²) in [6.07, 6.45) is 0. The fourth-order valence-electron chi connectivity index (χ4n) is 0. The van der Waals surface area contributed by atoms with Crippen LogP contribution in [0.3, 0.4) is 0 Å². The Morgan fingerprint density at radius 2 is 0.846 bits per heavy atom. The molecule has 0 radical (unpaired) electrons. The van der Waals surface area contributed by atoms with Crippen LogP contribution in [0, 0.1) is 0 Å². The molecule has 10 nitrogen and oxygen atoms in total. The quantitative estimate of drug-likeness (QED) is 0.396. The molecule has 0 fully saturated rings. The molecule has 0 aliphatic heterocycles. The second-order valence-electron chi connectivity index (χ2n) is 0.519. The minimum atomic E-state index is -0.833. The third-order valence-electron chi connectivity index (χ3n) is 0. The van der Waals surface area contributed by atoms with Crippen LogP contribution in [0.5, 0.6) is 0 Å². The van der Waals surface area contributed by atoms with E-state index in [2.05, 4.69) is 0 Å². The summed E-state index contributed by atoms with van der Waals surface area (Å²) in [5, 5.41) is 7.42. The number of carboxylic acid groups (broad SMARTS) is 1. The third kappa shape index (κ3) is 167000. The Morgan fingerprint density at radius 3 is 0.846 bits per heavy atom. The maximum atomic E-state index is 9.00. The van der Waals surface area contributed by atoms with Crippen molar-refractivity contribution in [3.8, 4) is 0 Å². The molecule has 0 heterocycles. The molecular weight excluding hydrogens is 208 g/mol. The zero-order valence-corrected chi connectivity index (χ0v) is 8.48. The first-order valence-electron chi connectivity index (χ1n) is 0.928. The summed E-state index contributed by atoms with van der Waals surface area (Å²) in [5.74, 6) is -0.833. The number of hydrogen-bond donors (Lipinski definition) is 1. The first kappa shape index (κ1) is 216. The summed E-state index contributed by atoms with van der Waals surface area (Å²) < 4.78 is 0. The summed E-state index contributed by atoms with van der Waals surface area (Å²) >= 11 is 0. The molecule has 0 aliphatic carbocycles. The molecule has 92 valence electrons. The molecule has 0 aromatic rings. The molecule has 11 heteroatoms. The standard InChI is InChI=1S/C2H4O2.Mg.8H2O.2H/c1-2(3)4;;;;;;;;;;;/h1H3,(H,3,4);;8*1H2;;/q;+2;;;;;;;;;2*-1. The van der Waals surface area contributed by atoms with Crippen molar-refractivity contribution in [3.63, 3.8) is 0 Å². The van der Waals surface area contributed by atoms with E-state index in [0.29, 0.717) is 0 Å². The van der Waals surface area contributed by atoms with Gasteiger partial charge in [-0.25, -0.2) is 0 Å². The van der Waals surface area contributed by atoms with E-state index >= 15 is 0 Å². The Morgan fingerprint density at radius 1 is 0.846 bits per heavy atom. The van der Waals surface area contributed by atoms with Gasteiger partial charge in [0, 0.05) is 6.92 Å². The van der Waals surface area contributed by atoms with Gasteiger partial charge < -0.3 is 51.8 Å². The second kappa shape index (κ2) is 167. The van der Waals surface area contributed by atoms with Crippen LogP contribution in [0.1, 0.15) is 9.78 Å².